The van der Waals surface area contributed by atoms with Crippen LogP contribution in [0.4, 0.5) is 0 Å². The molecule has 0 heterocycles. The summed E-state index contributed by atoms with van der Waals surface area (Å²) in [5, 5.41) is 10.2. The van der Waals surface area contributed by atoms with E-state index in [1.54, 1.807) is 26.0 Å². The minimum Gasteiger partial charge on any atom is -0.496 e. The van der Waals surface area contributed by atoms with Crippen molar-refractivity contribution >= 4 is 11.6 Å². The number of hydrogen-bond donors (Lipinski definition) is 1. The van der Waals surface area contributed by atoms with Crippen LogP contribution in [0.3, 0.4) is 0 Å². The number of ether oxygens (including phenoxy) is 2. The van der Waals surface area contributed by atoms with Crippen LogP contribution in [-0.2, 0) is 0 Å². The first-order valence-corrected chi connectivity index (χ1v) is 6.79. The highest BCUT2D eigenvalue weighted by Crippen LogP contribution is 2.36. The van der Waals surface area contributed by atoms with E-state index in [1.165, 1.54) is 20.3 Å². The molecular formula is C17H18O5. The number of hydrogen-bond acceptors (Lipinski definition) is 5. The van der Waals surface area contributed by atoms with Crippen LogP contribution in [0.25, 0.3) is 0 Å². The molecule has 0 saturated heterocycles. The topological polar surface area (TPSA) is 72.8 Å². The Labute approximate surface area is 128 Å². The summed E-state index contributed by atoms with van der Waals surface area (Å²) in [5.74, 6) is -0.234. The number of allylic oxidation sites excluding steroid dienone is 2. The predicted octanol–water partition coefficient (Wildman–Crippen LogP) is 2.34. The van der Waals surface area contributed by atoms with Gasteiger partial charge in [-0.3, -0.25) is 9.59 Å². The standard InChI is InChI=1S/C17H18O5/c1-9(2)7-11(18)10-8-12(19)15-13(21-3)5-6-14(22-4)16(15)17(10)20/h5-8,11,18H,1-4H3. The van der Waals surface area contributed by atoms with Crippen LogP contribution in [-0.4, -0.2) is 37.0 Å². The van der Waals surface area contributed by atoms with Gasteiger partial charge in [0.15, 0.2) is 11.6 Å². The largest absolute Gasteiger partial charge is 0.496 e. The van der Waals surface area contributed by atoms with Gasteiger partial charge in [0, 0.05) is 5.57 Å². The van der Waals surface area contributed by atoms with Gasteiger partial charge >= 0.3 is 0 Å². The van der Waals surface area contributed by atoms with E-state index in [1.807, 2.05) is 0 Å². The Balaban J connectivity index is 2.63. The predicted molar refractivity (Wildman–Crippen MR) is 81.7 cm³/mol. The average Bonchev–Trinajstić information content (AvgIpc) is 2.48. The molecule has 5 nitrogen and oxygen atoms in total. The van der Waals surface area contributed by atoms with Crippen molar-refractivity contribution in [3.63, 3.8) is 0 Å². The highest BCUT2D eigenvalue weighted by atomic mass is 16.5. The number of aliphatic hydroxyl groups is 1. The van der Waals surface area contributed by atoms with Crippen LogP contribution in [0, 0.1) is 0 Å². The summed E-state index contributed by atoms with van der Waals surface area (Å²) in [6.07, 6.45) is 1.55. The molecule has 0 aromatic heterocycles. The zero-order valence-electron chi connectivity index (χ0n) is 13.0. The van der Waals surface area contributed by atoms with Crippen molar-refractivity contribution < 1.29 is 24.2 Å². The molecule has 0 bridgehead atoms. The number of ketones is 2. The van der Waals surface area contributed by atoms with E-state index in [4.69, 9.17) is 9.47 Å². The number of carbonyl (C=O) groups is 2. The third kappa shape index (κ3) is 2.67. The van der Waals surface area contributed by atoms with Crippen molar-refractivity contribution in [1.29, 1.82) is 0 Å². The Morgan fingerprint density at radius 3 is 2.14 bits per heavy atom. The van der Waals surface area contributed by atoms with Gasteiger partial charge in [-0.1, -0.05) is 11.6 Å². The second kappa shape index (κ2) is 6.15. The van der Waals surface area contributed by atoms with Crippen LogP contribution in [0.15, 0.2) is 35.4 Å². The van der Waals surface area contributed by atoms with Crippen molar-refractivity contribution in [3.05, 3.63) is 46.6 Å². The van der Waals surface area contributed by atoms with Gasteiger partial charge in [0.25, 0.3) is 0 Å². The third-order valence-electron chi connectivity index (χ3n) is 3.40. The third-order valence-corrected chi connectivity index (χ3v) is 3.40. The fourth-order valence-corrected chi connectivity index (χ4v) is 2.42. The summed E-state index contributed by atoms with van der Waals surface area (Å²) < 4.78 is 10.3. The van der Waals surface area contributed by atoms with Crippen LogP contribution < -0.4 is 9.47 Å². The molecule has 1 aliphatic carbocycles. The first-order valence-electron chi connectivity index (χ1n) is 6.79. The molecule has 1 aromatic rings. The van der Waals surface area contributed by atoms with Crippen molar-refractivity contribution in [3.8, 4) is 11.5 Å². The first kappa shape index (κ1) is 16.0. The Bertz CT molecular complexity index is 693. The minimum atomic E-state index is -1.13. The molecule has 1 N–H and O–H groups in total. The second-order valence-electron chi connectivity index (χ2n) is 5.20. The molecule has 1 unspecified atom stereocenters. The summed E-state index contributed by atoms with van der Waals surface area (Å²) >= 11 is 0. The minimum absolute atomic E-state index is 0.0326. The van der Waals surface area contributed by atoms with Crippen molar-refractivity contribution in [2.45, 2.75) is 20.0 Å². The Hall–Kier alpha value is -2.40. The van der Waals surface area contributed by atoms with Gasteiger partial charge in [-0.25, -0.2) is 0 Å². The molecule has 0 spiro atoms. The Kier molecular flexibility index (Phi) is 4.47. The van der Waals surface area contributed by atoms with Crippen molar-refractivity contribution in [2.24, 2.45) is 0 Å². The maximum Gasteiger partial charge on any atom is 0.196 e. The SMILES string of the molecule is COc1ccc(OC)c2c1C(=O)C=C(C(O)C=C(C)C)C2=O. The smallest absolute Gasteiger partial charge is 0.196 e. The van der Waals surface area contributed by atoms with Gasteiger partial charge in [-0.05, 0) is 32.1 Å². The number of benzene rings is 1. The zero-order chi connectivity index (χ0) is 16.4. The van der Waals surface area contributed by atoms with E-state index in [9.17, 15) is 14.7 Å². The lowest BCUT2D eigenvalue weighted by atomic mass is 9.85. The summed E-state index contributed by atoms with van der Waals surface area (Å²) in [4.78, 5) is 25.1. The highest BCUT2D eigenvalue weighted by molar-refractivity contribution is 6.27. The molecule has 2 rings (SSSR count). The molecule has 22 heavy (non-hydrogen) atoms. The number of methoxy groups -OCH3 is 2. The lowest BCUT2D eigenvalue weighted by molar-refractivity contribution is 0.0955. The summed E-state index contributed by atoms with van der Waals surface area (Å²) in [6, 6.07) is 3.15. The maximum absolute atomic E-state index is 12.7. The number of fused-ring (bicyclic) bond motifs is 1. The van der Waals surface area contributed by atoms with E-state index in [0.29, 0.717) is 5.75 Å². The molecule has 0 radical (unpaired) electrons. The number of Topliss-reactive ketones (excluding diaryl/α,β-unsaturated/α-hetero) is 1. The molecule has 1 aromatic carbocycles. The van der Waals surface area contributed by atoms with E-state index in [-0.39, 0.29) is 28.2 Å². The molecule has 0 saturated carbocycles. The van der Waals surface area contributed by atoms with E-state index in [0.717, 1.165) is 11.6 Å². The lowest BCUT2D eigenvalue weighted by Gasteiger charge is -2.21. The van der Waals surface area contributed by atoms with Crippen molar-refractivity contribution in [2.75, 3.05) is 14.2 Å². The van der Waals surface area contributed by atoms with E-state index in [2.05, 4.69) is 0 Å². The highest BCUT2D eigenvalue weighted by Gasteiger charge is 2.34. The Morgan fingerprint density at radius 1 is 1.09 bits per heavy atom. The molecule has 0 amide bonds. The summed E-state index contributed by atoms with van der Waals surface area (Å²) in [5.41, 5.74) is 1.17. The fraction of sp³-hybridized carbons (Fsp3) is 0.294. The van der Waals surface area contributed by atoms with Gasteiger partial charge in [0.2, 0.25) is 0 Å². The molecular weight excluding hydrogens is 284 g/mol. The Morgan fingerprint density at radius 2 is 1.64 bits per heavy atom. The lowest BCUT2D eigenvalue weighted by Crippen LogP contribution is -2.25. The molecule has 1 aliphatic rings. The normalized spacial score (nSPS) is 14.9. The second-order valence-corrected chi connectivity index (χ2v) is 5.20. The van der Waals surface area contributed by atoms with Gasteiger partial charge in [-0.15, -0.1) is 0 Å². The van der Waals surface area contributed by atoms with Gasteiger partial charge < -0.3 is 14.6 Å². The first-order chi connectivity index (χ1) is 10.4. The number of aliphatic hydroxyl groups excluding tert-OH is 1. The molecule has 0 fully saturated rings. The monoisotopic (exact) mass is 302 g/mol. The number of carbonyl (C=O) groups excluding carboxylic acids is 2. The zero-order valence-corrected chi connectivity index (χ0v) is 13.0. The van der Waals surface area contributed by atoms with E-state index >= 15 is 0 Å². The maximum atomic E-state index is 12.7. The quantitative estimate of drug-likeness (QED) is 0.864. The average molecular weight is 302 g/mol. The van der Waals surface area contributed by atoms with Crippen LogP contribution in [0.1, 0.15) is 34.6 Å². The van der Waals surface area contributed by atoms with Crippen LogP contribution >= 0.6 is 0 Å². The summed E-state index contributed by atoms with van der Waals surface area (Å²) in [7, 11) is 2.85. The van der Waals surface area contributed by atoms with Crippen LogP contribution in [0.2, 0.25) is 0 Å². The van der Waals surface area contributed by atoms with Gasteiger partial charge in [0.05, 0.1) is 25.3 Å². The number of rotatable bonds is 4. The molecule has 0 aliphatic heterocycles. The molecule has 5 heteroatoms. The fourth-order valence-electron chi connectivity index (χ4n) is 2.42. The van der Waals surface area contributed by atoms with Crippen LogP contribution in [0.5, 0.6) is 11.5 Å². The van der Waals surface area contributed by atoms with Gasteiger partial charge in [0.1, 0.15) is 17.6 Å². The van der Waals surface area contributed by atoms with Crippen molar-refractivity contribution in [1.82, 2.24) is 0 Å². The molecule has 1 atom stereocenters. The van der Waals surface area contributed by atoms with Gasteiger partial charge in [-0.2, -0.15) is 0 Å². The molecule has 116 valence electrons. The summed E-state index contributed by atoms with van der Waals surface area (Å²) in [6.45, 7) is 3.60. The van der Waals surface area contributed by atoms with E-state index < -0.39 is 11.9 Å².